The van der Waals surface area contributed by atoms with Crippen LogP contribution in [0.15, 0.2) is 0 Å². The Bertz CT molecular complexity index is 263. The molecule has 0 aromatic rings. The van der Waals surface area contributed by atoms with E-state index in [9.17, 15) is 9.90 Å². The van der Waals surface area contributed by atoms with Crippen LogP contribution in [-0.2, 0) is 9.53 Å². The fraction of sp³-hybridized carbons (Fsp3) is 0.917. The second-order valence-corrected chi connectivity index (χ2v) is 5.21. The molecule has 2 aliphatic rings. The molecule has 16 heavy (non-hydrogen) atoms. The van der Waals surface area contributed by atoms with Gasteiger partial charge in [0.1, 0.15) is 5.54 Å². The number of carbonyl (C=O) groups is 1. The SMILES string of the molecule is CC1(C(=O)O)CCCN1CC1CCCOC1. The van der Waals surface area contributed by atoms with E-state index < -0.39 is 11.5 Å². The molecule has 2 aliphatic heterocycles. The highest BCUT2D eigenvalue weighted by Gasteiger charge is 2.43. The van der Waals surface area contributed by atoms with Crippen molar-refractivity contribution < 1.29 is 14.6 Å². The summed E-state index contributed by atoms with van der Waals surface area (Å²) < 4.78 is 5.45. The van der Waals surface area contributed by atoms with Gasteiger partial charge in [0, 0.05) is 13.2 Å². The molecule has 0 amide bonds. The van der Waals surface area contributed by atoms with E-state index in [0.29, 0.717) is 5.92 Å². The van der Waals surface area contributed by atoms with Crippen molar-refractivity contribution in [1.82, 2.24) is 4.90 Å². The number of ether oxygens (including phenoxy) is 1. The minimum atomic E-state index is -0.679. The Morgan fingerprint density at radius 2 is 2.38 bits per heavy atom. The Morgan fingerprint density at radius 3 is 3.00 bits per heavy atom. The van der Waals surface area contributed by atoms with Crippen molar-refractivity contribution in [3.63, 3.8) is 0 Å². The van der Waals surface area contributed by atoms with E-state index in [1.165, 1.54) is 6.42 Å². The first kappa shape index (κ1) is 11.9. The summed E-state index contributed by atoms with van der Waals surface area (Å²) in [6.07, 6.45) is 4.06. The monoisotopic (exact) mass is 227 g/mol. The summed E-state index contributed by atoms with van der Waals surface area (Å²) in [6.45, 7) is 5.31. The van der Waals surface area contributed by atoms with E-state index in [2.05, 4.69) is 4.90 Å². The number of carboxylic acids is 1. The summed E-state index contributed by atoms with van der Waals surface area (Å²) in [4.78, 5) is 13.4. The highest BCUT2D eigenvalue weighted by molar-refractivity contribution is 5.78. The summed E-state index contributed by atoms with van der Waals surface area (Å²) in [6, 6.07) is 0. The first-order chi connectivity index (χ1) is 7.63. The van der Waals surface area contributed by atoms with Gasteiger partial charge in [-0.1, -0.05) is 0 Å². The lowest BCUT2D eigenvalue weighted by Crippen LogP contribution is -2.50. The lowest BCUT2D eigenvalue weighted by molar-refractivity contribution is -0.149. The van der Waals surface area contributed by atoms with Gasteiger partial charge in [0.05, 0.1) is 6.61 Å². The van der Waals surface area contributed by atoms with Crippen molar-refractivity contribution in [1.29, 1.82) is 0 Å². The number of likely N-dealkylation sites (tertiary alicyclic amines) is 1. The zero-order chi connectivity index (χ0) is 11.6. The number of hydrogen-bond donors (Lipinski definition) is 1. The summed E-state index contributed by atoms with van der Waals surface area (Å²) in [5.74, 6) is -0.160. The quantitative estimate of drug-likeness (QED) is 0.790. The zero-order valence-corrected chi connectivity index (χ0v) is 9.95. The molecular formula is C12H21NO3. The van der Waals surface area contributed by atoms with Gasteiger partial charge in [0.25, 0.3) is 0 Å². The summed E-state index contributed by atoms with van der Waals surface area (Å²) >= 11 is 0. The van der Waals surface area contributed by atoms with Crippen LogP contribution < -0.4 is 0 Å². The van der Waals surface area contributed by atoms with Gasteiger partial charge in [-0.3, -0.25) is 9.69 Å². The molecule has 0 radical (unpaired) electrons. The Kier molecular flexibility index (Phi) is 3.50. The third-order valence-corrected chi connectivity index (χ3v) is 3.98. The highest BCUT2D eigenvalue weighted by Crippen LogP contribution is 2.31. The molecule has 92 valence electrons. The second-order valence-electron chi connectivity index (χ2n) is 5.21. The lowest BCUT2D eigenvalue weighted by atomic mass is 9.96. The molecule has 2 fully saturated rings. The van der Waals surface area contributed by atoms with Gasteiger partial charge in [0.15, 0.2) is 0 Å². The molecule has 4 nitrogen and oxygen atoms in total. The molecule has 2 saturated heterocycles. The molecule has 0 spiro atoms. The van der Waals surface area contributed by atoms with E-state index in [1.807, 2.05) is 6.92 Å². The van der Waals surface area contributed by atoms with Gasteiger partial charge in [-0.15, -0.1) is 0 Å². The van der Waals surface area contributed by atoms with Gasteiger partial charge < -0.3 is 9.84 Å². The molecule has 1 N–H and O–H groups in total. The van der Waals surface area contributed by atoms with Crippen molar-refractivity contribution in [3.05, 3.63) is 0 Å². The Hall–Kier alpha value is -0.610. The van der Waals surface area contributed by atoms with Crippen molar-refractivity contribution in [3.8, 4) is 0 Å². The normalized spacial score (nSPS) is 36.4. The molecule has 0 bridgehead atoms. The number of hydrogen-bond acceptors (Lipinski definition) is 3. The van der Waals surface area contributed by atoms with Crippen LogP contribution in [0.1, 0.15) is 32.6 Å². The van der Waals surface area contributed by atoms with E-state index >= 15 is 0 Å². The van der Waals surface area contributed by atoms with Gasteiger partial charge in [0.2, 0.25) is 0 Å². The lowest BCUT2D eigenvalue weighted by Gasteiger charge is -2.35. The molecule has 2 atom stereocenters. The largest absolute Gasteiger partial charge is 0.480 e. The van der Waals surface area contributed by atoms with Crippen LogP contribution in [0.5, 0.6) is 0 Å². The van der Waals surface area contributed by atoms with Crippen LogP contribution in [0.2, 0.25) is 0 Å². The maximum absolute atomic E-state index is 11.3. The summed E-state index contributed by atoms with van der Waals surface area (Å²) in [5.41, 5.74) is -0.641. The van der Waals surface area contributed by atoms with Gasteiger partial charge in [-0.25, -0.2) is 0 Å². The van der Waals surface area contributed by atoms with Crippen molar-refractivity contribution >= 4 is 5.97 Å². The van der Waals surface area contributed by atoms with E-state index in [4.69, 9.17) is 4.74 Å². The van der Waals surface area contributed by atoms with Crippen LogP contribution in [0.4, 0.5) is 0 Å². The predicted molar refractivity (Wildman–Crippen MR) is 60.4 cm³/mol. The third kappa shape index (κ3) is 2.23. The molecule has 2 unspecified atom stereocenters. The molecule has 0 aliphatic carbocycles. The maximum atomic E-state index is 11.3. The second kappa shape index (κ2) is 4.72. The van der Waals surface area contributed by atoms with Gasteiger partial charge in [-0.05, 0) is 45.1 Å². The van der Waals surface area contributed by atoms with E-state index in [1.54, 1.807) is 0 Å². The average Bonchev–Trinajstić information content (AvgIpc) is 2.63. The first-order valence-corrected chi connectivity index (χ1v) is 6.19. The molecule has 0 saturated carbocycles. The van der Waals surface area contributed by atoms with Crippen LogP contribution in [-0.4, -0.2) is 47.8 Å². The zero-order valence-electron chi connectivity index (χ0n) is 9.95. The Morgan fingerprint density at radius 1 is 1.56 bits per heavy atom. The maximum Gasteiger partial charge on any atom is 0.323 e. The Balaban J connectivity index is 1.95. The highest BCUT2D eigenvalue weighted by atomic mass is 16.5. The smallest absolute Gasteiger partial charge is 0.323 e. The fourth-order valence-corrected chi connectivity index (χ4v) is 2.82. The van der Waals surface area contributed by atoms with Crippen molar-refractivity contribution in [2.75, 3.05) is 26.3 Å². The van der Waals surface area contributed by atoms with Crippen LogP contribution in [0.25, 0.3) is 0 Å². The molecule has 2 heterocycles. The predicted octanol–water partition coefficient (Wildman–Crippen LogP) is 1.35. The molecular weight excluding hydrogens is 206 g/mol. The minimum Gasteiger partial charge on any atom is -0.480 e. The summed E-state index contributed by atoms with van der Waals surface area (Å²) in [7, 11) is 0. The third-order valence-electron chi connectivity index (χ3n) is 3.98. The number of carboxylic acid groups (broad SMARTS) is 1. The molecule has 0 aromatic heterocycles. The topological polar surface area (TPSA) is 49.8 Å². The molecule has 2 rings (SSSR count). The van der Waals surface area contributed by atoms with Crippen LogP contribution in [0.3, 0.4) is 0 Å². The van der Waals surface area contributed by atoms with E-state index in [-0.39, 0.29) is 0 Å². The Labute approximate surface area is 96.6 Å². The molecule has 0 aromatic carbocycles. The van der Waals surface area contributed by atoms with E-state index in [0.717, 1.165) is 45.6 Å². The van der Waals surface area contributed by atoms with Crippen LogP contribution >= 0.6 is 0 Å². The minimum absolute atomic E-state index is 0.519. The number of rotatable bonds is 3. The molecule has 4 heteroatoms. The van der Waals surface area contributed by atoms with Gasteiger partial charge >= 0.3 is 5.97 Å². The van der Waals surface area contributed by atoms with Crippen LogP contribution in [0, 0.1) is 5.92 Å². The average molecular weight is 227 g/mol. The van der Waals surface area contributed by atoms with Crippen molar-refractivity contribution in [2.24, 2.45) is 5.92 Å². The van der Waals surface area contributed by atoms with Crippen molar-refractivity contribution in [2.45, 2.75) is 38.1 Å². The first-order valence-electron chi connectivity index (χ1n) is 6.19. The number of aliphatic carboxylic acids is 1. The standard InChI is InChI=1S/C12H21NO3/c1-12(11(14)15)5-3-6-13(12)8-10-4-2-7-16-9-10/h10H,2-9H2,1H3,(H,14,15). The fourth-order valence-electron chi connectivity index (χ4n) is 2.82. The summed E-state index contributed by atoms with van der Waals surface area (Å²) in [5, 5.41) is 9.30. The van der Waals surface area contributed by atoms with Gasteiger partial charge in [-0.2, -0.15) is 0 Å². The number of nitrogens with zero attached hydrogens (tertiary/aromatic N) is 1.